The van der Waals surface area contributed by atoms with Crippen molar-refractivity contribution in [3.05, 3.63) is 47.2 Å². The highest BCUT2D eigenvalue weighted by Crippen LogP contribution is 2.37. The topological polar surface area (TPSA) is 36.9 Å². The first-order valence-corrected chi connectivity index (χ1v) is 6.89. The quantitative estimate of drug-likeness (QED) is 0.804. The van der Waals surface area contributed by atoms with E-state index in [1.807, 2.05) is 18.2 Å². The molecular formula is C17H22O4. The fourth-order valence-corrected chi connectivity index (χ4v) is 2.55. The third-order valence-electron chi connectivity index (χ3n) is 3.65. The maximum Gasteiger partial charge on any atom is 0.161 e. The molecule has 0 saturated heterocycles. The van der Waals surface area contributed by atoms with Gasteiger partial charge in [-0.1, -0.05) is 6.08 Å². The largest absolute Gasteiger partial charge is 0.497 e. The summed E-state index contributed by atoms with van der Waals surface area (Å²) < 4.78 is 21.3. The molecular weight excluding hydrogens is 268 g/mol. The summed E-state index contributed by atoms with van der Waals surface area (Å²) in [6.45, 7) is 0.543. The van der Waals surface area contributed by atoms with Crippen molar-refractivity contribution in [3.8, 4) is 11.5 Å². The Hall–Kier alpha value is -1.94. The molecule has 114 valence electrons. The highest BCUT2D eigenvalue weighted by atomic mass is 16.5. The lowest BCUT2D eigenvalue weighted by molar-refractivity contribution is 0.183. The van der Waals surface area contributed by atoms with Crippen LogP contribution in [-0.4, -0.2) is 28.4 Å². The summed E-state index contributed by atoms with van der Waals surface area (Å²) in [5, 5.41) is 0. The van der Waals surface area contributed by atoms with E-state index in [-0.39, 0.29) is 5.92 Å². The van der Waals surface area contributed by atoms with E-state index in [1.54, 1.807) is 28.4 Å². The van der Waals surface area contributed by atoms with Gasteiger partial charge in [-0.15, -0.1) is 0 Å². The van der Waals surface area contributed by atoms with Gasteiger partial charge in [0.05, 0.1) is 27.9 Å². The first-order valence-electron chi connectivity index (χ1n) is 6.89. The Bertz CT molecular complexity index is 546. The third-order valence-corrected chi connectivity index (χ3v) is 3.65. The van der Waals surface area contributed by atoms with Crippen molar-refractivity contribution >= 4 is 0 Å². The van der Waals surface area contributed by atoms with Gasteiger partial charge in [-0.25, -0.2) is 0 Å². The van der Waals surface area contributed by atoms with Gasteiger partial charge in [0.25, 0.3) is 0 Å². The molecule has 0 N–H and O–H groups in total. The van der Waals surface area contributed by atoms with Crippen LogP contribution >= 0.6 is 0 Å². The van der Waals surface area contributed by atoms with Gasteiger partial charge in [-0.3, -0.25) is 0 Å². The number of hydrogen-bond donors (Lipinski definition) is 0. The molecule has 1 atom stereocenters. The molecule has 21 heavy (non-hydrogen) atoms. The van der Waals surface area contributed by atoms with Crippen molar-refractivity contribution in [2.45, 2.75) is 18.9 Å². The lowest BCUT2D eigenvalue weighted by Crippen LogP contribution is -2.06. The average molecular weight is 290 g/mol. The molecule has 0 bridgehead atoms. The van der Waals surface area contributed by atoms with Crippen molar-refractivity contribution in [3.63, 3.8) is 0 Å². The number of rotatable bonds is 6. The van der Waals surface area contributed by atoms with Crippen LogP contribution in [0.2, 0.25) is 0 Å². The Kier molecular flexibility index (Phi) is 5.28. The van der Waals surface area contributed by atoms with Crippen molar-refractivity contribution in [2.75, 3.05) is 28.4 Å². The first-order chi connectivity index (χ1) is 10.2. The molecule has 0 amide bonds. The molecule has 1 aliphatic rings. The molecule has 0 saturated carbocycles. The summed E-state index contributed by atoms with van der Waals surface area (Å²) in [4.78, 5) is 0. The summed E-state index contributed by atoms with van der Waals surface area (Å²) in [6, 6.07) is 4.02. The van der Waals surface area contributed by atoms with Crippen molar-refractivity contribution in [1.82, 2.24) is 0 Å². The van der Waals surface area contributed by atoms with E-state index in [0.29, 0.717) is 6.61 Å². The molecule has 4 nitrogen and oxygen atoms in total. The van der Waals surface area contributed by atoms with Crippen LogP contribution in [-0.2, 0) is 16.1 Å². The van der Waals surface area contributed by atoms with E-state index in [2.05, 4.69) is 12.2 Å². The minimum absolute atomic E-state index is 0.286. The maximum absolute atomic E-state index is 5.41. The second-order valence-electron chi connectivity index (χ2n) is 4.85. The van der Waals surface area contributed by atoms with Gasteiger partial charge < -0.3 is 18.9 Å². The van der Waals surface area contributed by atoms with Gasteiger partial charge >= 0.3 is 0 Å². The Morgan fingerprint density at radius 3 is 2.24 bits per heavy atom. The molecule has 2 rings (SSSR count). The standard InChI is InChI=1S/C17H22O4/c1-18-11-13-9-16(20-3)17(21-4)10-15(13)12-5-7-14(19-2)8-6-12/h5,7-10,12H,6,11H2,1-4H3. The highest BCUT2D eigenvalue weighted by molar-refractivity contribution is 5.50. The summed E-state index contributed by atoms with van der Waals surface area (Å²) in [7, 11) is 6.67. The zero-order chi connectivity index (χ0) is 15.2. The van der Waals surface area contributed by atoms with Crippen LogP contribution in [0.15, 0.2) is 36.1 Å². The fraction of sp³-hybridized carbons (Fsp3) is 0.412. The molecule has 1 aromatic carbocycles. The minimum atomic E-state index is 0.286. The molecule has 0 spiro atoms. The third kappa shape index (κ3) is 3.39. The predicted molar refractivity (Wildman–Crippen MR) is 81.8 cm³/mol. The molecule has 0 heterocycles. The molecule has 0 fully saturated rings. The summed E-state index contributed by atoms with van der Waals surface area (Å²) in [5.74, 6) is 2.65. The van der Waals surface area contributed by atoms with Gasteiger partial charge in [-0.05, 0) is 41.8 Å². The first kappa shape index (κ1) is 15.4. The summed E-state index contributed by atoms with van der Waals surface area (Å²) in [6.07, 6.45) is 7.14. The summed E-state index contributed by atoms with van der Waals surface area (Å²) in [5.41, 5.74) is 2.30. The van der Waals surface area contributed by atoms with Gasteiger partial charge in [0.2, 0.25) is 0 Å². The lowest BCUT2D eigenvalue weighted by atomic mass is 9.88. The van der Waals surface area contributed by atoms with Crippen LogP contribution in [0.25, 0.3) is 0 Å². The number of hydrogen-bond acceptors (Lipinski definition) is 4. The minimum Gasteiger partial charge on any atom is -0.497 e. The fourth-order valence-electron chi connectivity index (χ4n) is 2.55. The highest BCUT2D eigenvalue weighted by Gasteiger charge is 2.18. The van der Waals surface area contributed by atoms with Crippen molar-refractivity contribution < 1.29 is 18.9 Å². The van der Waals surface area contributed by atoms with Gasteiger partial charge in [0.15, 0.2) is 11.5 Å². The Morgan fingerprint density at radius 2 is 1.71 bits per heavy atom. The molecule has 0 radical (unpaired) electrons. The number of ether oxygens (including phenoxy) is 4. The van der Waals surface area contributed by atoms with Gasteiger partial charge in [0, 0.05) is 13.0 Å². The average Bonchev–Trinajstić information content (AvgIpc) is 2.54. The van der Waals surface area contributed by atoms with Gasteiger partial charge in [0.1, 0.15) is 5.76 Å². The predicted octanol–water partition coefficient (Wildman–Crippen LogP) is 3.42. The molecule has 0 aromatic heterocycles. The van der Waals surface area contributed by atoms with Gasteiger partial charge in [-0.2, -0.15) is 0 Å². The second-order valence-corrected chi connectivity index (χ2v) is 4.85. The van der Waals surface area contributed by atoms with Crippen LogP contribution in [0, 0.1) is 0 Å². The van der Waals surface area contributed by atoms with E-state index in [0.717, 1.165) is 29.2 Å². The molecule has 1 aliphatic carbocycles. The summed E-state index contributed by atoms with van der Waals surface area (Å²) >= 11 is 0. The Morgan fingerprint density at radius 1 is 1.00 bits per heavy atom. The van der Waals surface area contributed by atoms with Crippen molar-refractivity contribution in [2.24, 2.45) is 0 Å². The normalized spacial score (nSPS) is 17.3. The zero-order valence-corrected chi connectivity index (χ0v) is 13.0. The van der Waals surface area contributed by atoms with Crippen LogP contribution in [0.1, 0.15) is 23.5 Å². The monoisotopic (exact) mass is 290 g/mol. The van der Waals surface area contributed by atoms with Crippen molar-refractivity contribution in [1.29, 1.82) is 0 Å². The maximum atomic E-state index is 5.41. The lowest BCUT2D eigenvalue weighted by Gasteiger charge is -2.21. The van der Waals surface area contributed by atoms with E-state index in [1.165, 1.54) is 5.56 Å². The van der Waals surface area contributed by atoms with E-state index in [4.69, 9.17) is 18.9 Å². The Labute approximate surface area is 126 Å². The van der Waals surface area contributed by atoms with E-state index in [9.17, 15) is 0 Å². The smallest absolute Gasteiger partial charge is 0.161 e. The number of benzene rings is 1. The Balaban J connectivity index is 2.37. The molecule has 1 aromatic rings. The van der Waals surface area contributed by atoms with E-state index >= 15 is 0 Å². The van der Waals surface area contributed by atoms with Crippen LogP contribution in [0.4, 0.5) is 0 Å². The molecule has 4 heteroatoms. The molecule has 1 unspecified atom stereocenters. The second kappa shape index (κ2) is 7.18. The molecule has 0 aliphatic heterocycles. The number of allylic oxidation sites excluding steroid dienone is 3. The van der Waals surface area contributed by atoms with Crippen LogP contribution < -0.4 is 9.47 Å². The number of methoxy groups -OCH3 is 4. The van der Waals surface area contributed by atoms with Crippen LogP contribution in [0.5, 0.6) is 11.5 Å². The zero-order valence-electron chi connectivity index (χ0n) is 13.0. The van der Waals surface area contributed by atoms with Crippen LogP contribution in [0.3, 0.4) is 0 Å². The SMILES string of the molecule is COCc1cc(OC)c(OC)cc1C1C=CC(OC)=CC1. The van der Waals surface area contributed by atoms with E-state index < -0.39 is 0 Å².